The number of benzene rings is 2. The second kappa shape index (κ2) is 8.93. The molecule has 0 amide bonds. The summed E-state index contributed by atoms with van der Waals surface area (Å²) in [5.41, 5.74) is 2.95. The minimum absolute atomic E-state index is 0.179. The Morgan fingerprint density at radius 2 is 1.91 bits per heavy atom. The Kier molecular flexibility index (Phi) is 6.04. The van der Waals surface area contributed by atoms with Crippen LogP contribution in [0.15, 0.2) is 36.4 Å². The highest BCUT2D eigenvalue weighted by Crippen LogP contribution is 2.40. The van der Waals surface area contributed by atoms with Gasteiger partial charge in [0, 0.05) is 19.4 Å². The molecule has 1 aliphatic rings. The fraction of sp³-hybridized carbons (Fsp3) is 0.333. The number of aromatic nitrogens is 2. The van der Waals surface area contributed by atoms with Gasteiger partial charge in [-0.1, -0.05) is 18.2 Å². The number of fused-ring (bicyclic) bond motifs is 1. The first-order valence-corrected chi connectivity index (χ1v) is 10.5. The van der Waals surface area contributed by atoms with E-state index < -0.39 is 11.9 Å². The number of hydrogen-bond acceptors (Lipinski definition) is 6. The number of imidazole rings is 1. The van der Waals surface area contributed by atoms with Crippen molar-refractivity contribution in [2.75, 3.05) is 21.0 Å². The highest BCUT2D eigenvalue weighted by atomic mass is 16.7. The van der Waals surface area contributed by atoms with Crippen LogP contribution in [0.5, 0.6) is 23.0 Å². The standard InChI is InChI=1S/C24H26N2O7/c1-14-15(2)26(29)24(25(14)12-16-8-9-19-21(10-16)33-13-32-19)18(11-22(27)28)17-6-5-7-20(30-3)23(17)31-4/h5-10,18H,11-13H2,1-4H3,(H-,27,28,29)/p+1/t18-/m1/s1. The Bertz CT molecular complexity index is 1200. The van der Waals surface area contributed by atoms with Crippen LogP contribution in [-0.2, 0) is 11.3 Å². The Morgan fingerprint density at radius 1 is 1.15 bits per heavy atom. The van der Waals surface area contributed by atoms with Crippen molar-refractivity contribution >= 4 is 5.97 Å². The van der Waals surface area contributed by atoms with Crippen LogP contribution in [0.3, 0.4) is 0 Å². The molecule has 1 atom stereocenters. The number of carboxylic acids is 1. The van der Waals surface area contributed by atoms with Crippen LogP contribution in [0.25, 0.3) is 0 Å². The molecular formula is C24H27N2O7+. The number of ether oxygens (including phenoxy) is 4. The van der Waals surface area contributed by atoms with Crippen molar-refractivity contribution < 1.29 is 38.6 Å². The molecule has 0 saturated heterocycles. The van der Waals surface area contributed by atoms with E-state index in [1.165, 1.54) is 14.2 Å². The van der Waals surface area contributed by atoms with E-state index >= 15 is 0 Å². The van der Waals surface area contributed by atoms with Gasteiger partial charge in [0.15, 0.2) is 28.7 Å². The molecule has 4 rings (SSSR count). The second-order valence-corrected chi connectivity index (χ2v) is 7.85. The zero-order chi connectivity index (χ0) is 23.7. The molecule has 0 aliphatic carbocycles. The van der Waals surface area contributed by atoms with Gasteiger partial charge in [0.05, 0.1) is 20.6 Å². The molecule has 1 aromatic heterocycles. The summed E-state index contributed by atoms with van der Waals surface area (Å²) in [5.74, 6) is 0.964. The first kappa shape index (κ1) is 22.3. The third-order valence-corrected chi connectivity index (χ3v) is 6.02. The van der Waals surface area contributed by atoms with Crippen LogP contribution in [0.4, 0.5) is 0 Å². The fourth-order valence-electron chi connectivity index (χ4n) is 4.27. The minimum atomic E-state index is -1.00. The summed E-state index contributed by atoms with van der Waals surface area (Å²) in [4.78, 5) is 11.9. The van der Waals surface area contributed by atoms with E-state index in [9.17, 15) is 15.1 Å². The normalized spacial score (nSPS) is 13.1. The minimum Gasteiger partial charge on any atom is -0.493 e. The maximum Gasteiger partial charge on any atom is 0.305 e. The van der Waals surface area contributed by atoms with Crippen molar-refractivity contribution in [3.8, 4) is 23.0 Å². The van der Waals surface area contributed by atoms with Crippen LogP contribution in [-0.4, -0.2) is 42.0 Å². The summed E-state index contributed by atoms with van der Waals surface area (Å²) in [6.07, 6.45) is -0.256. The van der Waals surface area contributed by atoms with Gasteiger partial charge in [-0.2, -0.15) is 0 Å². The Labute approximate surface area is 191 Å². The number of carbonyl (C=O) groups is 1. The van der Waals surface area contributed by atoms with Crippen LogP contribution in [0.1, 0.15) is 40.7 Å². The molecule has 1 aliphatic heterocycles. The number of hydrogen-bond donors (Lipinski definition) is 2. The molecular weight excluding hydrogens is 428 g/mol. The molecule has 174 valence electrons. The summed E-state index contributed by atoms with van der Waals surface area (Å²) in [7, 11) is 3.03. The predicted octanol–water partition coefficient (Wildman–Crippen LogP) is 3.03. The van der Waals surface area contributed by atoms with Gasteiger partial charge >= 0.3 is 11.8 Å². The number of carboxylic acid groups (broad SMARTS) is 1. The average molecular weight is 455 g/mol. The number of para-hydroxylation sites is 1. The van der Waals surface area contributed by atoms with Crippen molar-refractivity contribution in [2.24, 2.45) is 0 Å². The first-order chi connectivity index (χ1) is 15.8. The SMILES string of the molecule is COc1cccc([C@@H](CC(=O)O)c2n(O)c(C)c(C)[n+]2Cc2ccc3c(c2)OCO3)c1OC. The summed E-state index contributed by atoms with van der Waals surface area (Å²) >= 11 is 0. The molecule has 0 unspecified atom stereocenters. The van der Waals surface area contributed by atoms with Crippen LogP contribution in [0.2, 0.25) is 0 Å². The van der Waals surface area contributed by atoms with Gasteiger partial charge in [0.1, 0.15) is 18.2 Å². The molecule has 0 bridgehead atoms. The molecule has 9 heteroatoms. The highest BCUT2D eigenvalue weighted by Gasteiger charge is 2.37. The molecule has 3 aromatic rings. The number of nitrogens with zero attached hydrogens (tertiary/aromatic N) is 2. The van der Waals surface area contributed by atoms with Crippen molar-refractivity contribution in [3.63, 3.8) is 0 Å². The monoisotopic (exact) mass is 455 g/mol. The molecule has 0 fully saturated rings. The van der Waals surface area contributed by atoms with Crippen LogP contribution < -0.4 is 23.5 Å². The third kappa shape index (κ3) is 4.02. The average Bonchev–Trinajstić information content (AvgIpc) is 3.35. The van der Waals surface area contributed by atoms with Gasteiger partial charge < -0.3 is 29.3 Å². The van der Waals surface area contributed by atoms with Gasteiger partial charge in [0.25, 0.3) is 0 Å². The van der Waals surface area contributed by atoms with Crippen molar-refractivity contribution in [3.05, 3.63) is 64.7 Å². The van der Waals surface area contributed by atoms with Crippen LogP contribution in [0, 0.1) is 13.8 Å². The van der Waals surface area contributed by atoms with Gasteiger partial charge in [0.2, 0.25) is 6.79 Å². The van der Waals surface area contributed by atoms with E-state index in [-0.39, 0.29) is 13.2 Å². The molecule has 33 heavy (non-hydrogen) atoms. The molecule has 0 saturated carbocycles. The molecule has 9 nitrogen and oxygen atoms in total. The van der Waals surface area contributed by atoms with E-state index in [0.717, 1.165) is 16.0 Å². The number of rotatable bonds is 8. The van der Waals surface area contributed by atoms with E-state index in [1.807, 2.05) is 29.7 Å². The largest absolute Gasteiger partial charge is 0.493 e. The summed E-state index contributed by atoms with van der Waals surface area (Å²) in [5, 5.41) is 20.8. The van der Waals surface area contributed by atoms with Crippen molar-refractivity contribution in [2.45, 2.75) is 32.7 Å². The molecule has 2 N–H and O–H groups in total. The Balaban J connectivity index is 1.87. The molecule has 2 aromatic carbocycles. The lowest BCUT2D eigenvalue weighted by Crippen LogP contribution is -2.42. The van der Waals surface area contributed by atoms with Gasteiger partial charge in [-0.05, 0) is 28.5 Å². The smallest absolute Gasteiger partial charge is 0.305 e. The van der Waals surface area contributed by atoms with E-state index in [0.29, 0.717) is 46.6 Å². The van der Waals surface area contributed by atoms with Crippen molar-refractivity contribution in [1.82, 2.24) is 4.73 Å². The maximum atomic E-state index is 11.9. The summed E-state index contributed by atoms with van der Waals surface area (Å²) in [6, 6.07) is 11.0. The van der Waals surface area contributed by atoms with Gasteiger partial charge in [-0.15, -0.1) is 0 Å². The molecule has 0 radical (unpaired) electrons. The fourth-order valence-corrected chi connectivity index (χ4v) is 4.27. The highest BCUT2D eigenvalue weighted by molar-refractivity contribution is 5.69. The number of methoxy groups -OCH3 is 2. The van der Waals surface area contributed by atoms with Crippen molar-refractivity contribution in [1.29, 1.82) is 0 Å². The predicted molar refractivity (Wildman–Crippen MR) is 117 cm³/mol. The topological polar surface area (TPSA) is 103 Å². The maximum absolute atomic E-state index is 11.9. The Morgan fingerprint density at radius 3 is 2.61 bits per heavy atom. The summed E-state index contributed by atoms with van der Waals surface area (Å²) < 4.78 is 24.9. The molecule has 2 heterocycles. The second-order valence-electron chi connectivity index (χ2n) is 7.85. The zero-order valence-corrected chi connectivity index (χ0v) is 19.0. The number of aliphatic carboxylic acids is 1. The Hall–Kier alpha value is -3.88. The zero-order valence-electron chi connectivity index (χ0n) is 19.0. The van der Waals surface area contributed by atoms with Gasteiger partial charge in [-0.3, -0.25) is 4.79 Å². The molecule has 0 spiro atoms. The quantitative estimate of drug-likeness (QED) is 0.398. The summed E-state index contributed by atoms with van der Waals surface area (Å²) in [6.45, 7) is 4.25. The van der Waals surface area contributed by atoms with E-state index in [4.69, 9.17) is 18.9 Å². The van der Waals surface area contributed by atoms with Crippen LogP contribution >= 0.6 is 0 Å². The first-order valence-electron chi connectivity index (χ1n) is 10.5. The third-order valence-electron chi connectivity index (χ3n) is 6.02. The lowest BCUT2D eigenvalue weighted by molar-refractivity contribution is -0.703. The van der Waals surface area contributed by atoms with E-state index in [2.05, 4.69) is 0 Å². The lowest BCUT2D eigenvalue weighted by Gasteiger charge is -2.18. The van der Waals surface area contributed by atoms with Gasteiger partial charge in [-0.25, -0.2) is 4.57 Å². The van der Waals surface area contributed by atoms with E-state index in [1.54, 1.807) is 25.1 Å². The lowest BCUT2D eigenvalue weighted by atomic mass is 9.93.